The fourth-order valence-corrected chi connectivity index (χ4v) is 5.35. The summed E-state index contributed by atoms with van der Waals surface area (Å²) in [5.41, 5.74) is 1.22. The molecule has 0 aromatic heterocycles. The minimum Gasteiger partial charge on any atom is -0.294 e. The first-order valence-electron chi connectivity index (χ1n) is 7.56. The Morgan fingerprint density at radius 2 is 1.67 bits per heavy atom. The minimum atomic E-state index is -3.27. The number of hydrogen-bond donors (Lipinski definition) is 1. The van der Waals surface area contributed by atoms with Gasteiger partial charge in [0.05, 0.1) is 6.26 Å². The summed E-state index contributed by atoms with van der Waals surface area (Å²) in [5, 5.41) is 0. The molecule has 0 amide bonds. The minimum absolute atomic E-state index is 0.241. The van der Waals surface area contributed by atoms with E-state index >= 15 is 0 Å². The van der Waals surface area contributed by atoms with Crippen LogP contribution in [0.5, 0.6) is 0 Å². The number of fused-ring (bicyclic) bond motifs is 5. The Morgan fingerprint density at radius 1 is 1.10 bits per heavy atom. The van der Waals surface area contributed by atoms with Gasteiger partial charge in [0.2, 0.25) is 10.0 Å². The van der Waals surface area contributed by atoms with Crippen LogP contribution in [0.1, 0.15) is 29.6 Å². The van der Waals surface area contributed by atoms with E-state index in [4.69, 9.17) is 0 Å². The summed E-state index contributed by atoms with van der Waals surface area (Å²) < 4.78 is 24.8. The molecule has 3 saturated carbocycles. The molecule has 1 aromatic rings. The summed E-state index contributed by atoms with van der Waals surface area (Å²) >= 11 is 0. The van der Waals surface area contributed by atoms with Gasteiger partial charge in [-0.15, -0.1) is 0 Å². The van der Waals surface area contributed by atoms with E-state index in [1.165, 1.54) is 19.3 Å². The molecule has 3 fully saturated rings. The molecule has 1 N–H and O–H groups in total. The summed E-state index contributed by atoms with van der Waals surface area (Å²) in [7, 11) is -3.27. The van der Waals surface area contributed by atoms with Crippen LogP contribution in [-0.2, 0) is 10.0 Å². The highest BCUT2D eigenvalue weighted by molar-refractivity contribution is 7.92. The zero-order valence-electron chi connectivity index (χ0n) is 12.0. The molecular weight excluding hydrogens is 286 g/mol. The lowest BCUT2D eigenvalue weighted by atomic mass is 9.96. The summed E-state index contributed by atoms with van der Waals surface area (Å²) in [6, 6.07) is 6.82. The second kappa shape index (κ2) is 4.32. The van der Waals surface area contributed by atoms with E-state index in [-0.39, 0.29) is 11.7 Å². The van der Waals surface area contributed by atoms with E-state index in [1.807, 2.05) is 0 Å². The molecule has 1 aromatic carbocycles. The number of rotatable bonds is 4. The molecule has 5 heteroatoms. The van der Waals surface area contributed by atoms with Gasteiger partial charge in [-0.25, -0.2) is 8.42 Å². The van der Waals surface area contributed by atoms with Crippen molar-refractivity contribution in [1.82, 2.24) is 0 Å². The number of benzene rings is 1. The first kappa shape index (κ1) is 13.3. The maximum atomic E-state index is 12.6. The smallest absolute Gasteiger partial charge is 0.229 e. The van der Waals surface area contributed by atoms with Crippen LogP contribution in [0.25, 0.3) is 0 Å². The molecule has 2 bridgehead atoms. The van der Waals surface area contributed by atoms with Gasteiger partial charge in [0.25, 0.3) is 0 Å². The summed E-state index contributed by atoms with van der Waals surface area (Å²) in [6.45, 7) is 0. The SMILES string of the molecule is CS(=O)(=O)Nc1ccc(C(=O)C2C3C4CCC(C4)C23)cc1. The molecule has 3 aliphatic rings. The maximum Gasteiger partial charge on any atom is 0.229 e. The third-order valence-corrected chi connectivity index (χ3v) is 6.12. The fourth-order valence-electron chi connectivity index (χ4n) is 4.78. The molecule has 4 nitrogen and oxygen atoms in total. The van der Waals surface area contributed by atoms with E-state index in [9.17, 15) is 13.2 Å². The molecule has 3 aliphatic carbocycles. The van der Waals surface area contributed by atoms with Gasteiger partial charge in [-0.05, 0) is 67.2 Å². The first-order chi connectivity index (χ1) is 9.94. The Labute approximate surface area is 125 Å². The third-order valence-electron chi connectivity index (χ3n) is 5.51. The quantitative estimate of drug-likeness (QED) is 0.869. The van der Waals surface area contributed by atoms with E-state index in [1.54, 1.807) is 24.3 Å². The largest absolute Gasteiger partial charge is 0.294 e. The Hall–Kier alpha value is -1.36. The predicted octanol–water partition coefficient (Wildman–Crippen LogP) is 2.53. The van der Waals surface area contributed by atoms with Crippen LogP contribution in [0.3, 0.4) is 0 Å². The van der Waals surface area contributed by atoms with Crippen LogP contribution < -0.4 is 4.72 Å². The van der Waals surface area contributed by atoms with Crippen LogP contribution in [0.4, 0.5) is 5.69 Å². The highest BCUT2D eigenvalue weighted by atomic mass is 32.2. The molecule has 4 atom stereocenters. The standard InChI is InChI=1S/C16H19NO3S/c1-21(19,20)17-12-6-4-9(5-7-12)16(18)15-13-10-2-3-11(8-10)14(13)15/h4-7,10-11,13-15,17H,2-3,8H2,1H3. The van der Waals surface area contributed by atoms with Crippen molar-refractivity contribution >= 4 is 21.5 Å². The van der Waals surface area contributed by atoms with E-state index < -0.39 is 10.0 Å². The van der Waals surface area contributed by atoms with Crippen molar-refractivity contribution in [2.75, 3.05) is 11.0 Å². The lowest BCUT2D eigenvalue weighted by molar-refractivity contribution is 0.0944. The van der Waals surface area contributed by atoms with Crippen molar-refractivity contribution in [3.05, 3.63) is 29.8 Å². The zero-order valence-corrected chi connectivity index (χ0v) is 12.8. The molecular formula is C16H19NO3S. The highest BCUT2D eigenvalue weighted by Gasteiger charge is 2.67. The van der Waals surface area contributed by atoms with Crippen LogP contribution in [-0.4, -0.2) is 20.5 Å². The van der Waals surface area contributed by atoms with Crippen molar-refractivity contribution in [2.45, 2.75) is 19.3 Å². The average Bonchev–Trinajstić information content (AvgIpc) is 2.85. The second-order valence-electron chi connectivity index (χ2n) is 6.83. The number of anilines is 1. The molecule has 0 saturated heterocycles. The van der Waals surface area contributed by atoms with Gasteiger partial charge in [0.1, 0.15) is 0 Å². The van der Waals surface area contributed by atoms with E-state index in [0.29, 0.717) is 23.1 Å². The number of Topliss-reactive ketones (excluding diaryl/α,β-unsaturated/α-hetero) is 1. The lowest BCUT2D eigenvalue weighted by Crippen LogP contribution is -2.11. The molecule has 4 rings (SSSR count). The first-order valence-corrected chi connectivity index (χ1v) is 9.45. The maximum absolute atomic E-state index is 12.6. The van der Waals surface area contributed by atoms with Gasteiger partial charge < -0.3 is 0 Å². The monoisotopic (exact) mass is 305 g/mol. The average molecular weight is 305 g/mol. The Balaban J connectivity index is 1.49. The van der Waals surface area contributed by atoms with Crippen molar-refractivity contribution in [1.29, 1.82) is 0 Å². The van der Waals surface area contributed by atoms with Crippen LogP contribution in [0, 0.1) is 29.6 Å². The summed E-state index contributed by atoms with van der Waals surface area (Å²) in [4.78, 5) is 12.6. The topological polar surface area (TPSA) is 63.2 Å². The number of hydrogen-bond acceptors (Lipinski definition) is 3. The van der Waals surface area contributed by atoms with Crippen molar-refractivity contribution < 1.29 is 13.2 Å². The number of carbonyl (C=O) groups excluding carboxylic acids is 1. The zero-order chi connectivity index (χ0) is 14.8. The summed E-state index contributed by atoms with van der Waals surface area (Å²) in [6.07, 6.45) is 5.09. The molecule has 0 heterocycles. The predicted molar refractivity (Wildman–Crippen MR) is 80.5 cm³/mol. The molecule has 0 spiro atoms. The van der Waals surface area contributed by atoms with E-state index in [2.05, 4.69) is 4.72 Å². The Bertz CT molecular complexity index is 679. The van der Waals surface area contributed by atoms with Crippen molar-refractivity contribution in [3.63, 3.8) is 0 Å². The van der Waals surface area contributed by atoms with Crippen LogP contribution in [0.15, 0.2) is 24.3 Å². The van der Waals surface area contributed by atoms with Gasteiger partial charge in [0.15, 0.2) is 5.78 Å². The molecule has 0 radical (unpaired) electrons. The Morgan fingerprint density at radius 3 is 2.19 bits per heavy atom. The third kappa shape index (κ3) is 2.18. The highest BCUT2D eigenvalue weighted by Crippen LogP contribution is 2.69. The van der Waals surface area contributed by atoms with Gasteiger partial charge in [-0.3, -0.25) is 9.52 Å². The van der Waals surface area contributed by atoms with Crippen LogP contribution >= 0.6 is 0 Å². The lowest BCUT2D eigenvalue weighted by Gasteiger charge is -2.09. The normalized spacial score (nSPS) is 36.3. The van der Waals surface area contributed by atoms with Crippen molar-refractivity contribution in [2.24, 2.45) is 29.6 Å². The molecule has 0 aliphatic heterocycles. The van der Waals surface area contributed by atoms with Gasteiger partial charge in [-0.1, -0.05) is 0 Å². The number of sulfonamides is 1. The number of carbonyl (C=O) groups is 1. The number of nitrogens with one attached hydrogen (secondary N) is 1. The Kier molecular flexibility index (Phi) is 2.74. The number of ketones is 1. The van der Waals surface area contributed by atoms with Crippen molar-refractivity contribution in [3.8, 4) is 0 Å². The van der Waals surface area contributed by atoms with E-state index in [0.717, 1.165) is 18.1 Å². The second-order valence-corrected chi connectivity index (χ2v) is 8.58. The van der Waals surface area contributed by atoms with Gasteiger partial charge in [-0.2, -0.15) is 0 Å². The van der Waals surface area contributed by atoms with Gasteiger partial charge in [0, 0.05) is 17.2 Å². The summed E-state index contributed by atoms with van der Waals surface area (Å²) in [5.74, 6) is 3.37. The molecule has 21 heavy (non-hydrogen) atoms. The molecule has 112 valence electrons. The fraction of sp³-hybridized carbons (Fsp3) is 0.562. The van der Waals surface area contributed by atoms with Gasteiger partial charge >= 0.3 is 0 Å². The molecule has 4 unspecified atom stereocenters. The van der Waals surface area contributed by atoms with Crippen LogP contribution in [0.2, 0.25) is 0 Å².